The molecule has 0 radical (unpaired) electrons. The molecule has 2 heterocycles. The summed E-state index contributed by atoms with van der Waals surface area (Å²) in [4.78, 5) is 29.6. The monoisotopic (exact) mass is 376 g/mol. The predicted octanol–water partition coefficient (Wildman–Crippen LogP) is 1.49. The number of amides is 1. The van der Waals surface area contributed by atoms with Gasteiger partial charge in [0.2, 0.25) is 0 Å². The van der Waals surface area contributed by atoms with Crippen LogP contribution in [0.25, 0.3) is 11.3 Å². The molecule has 1 saturated heterocycles. The van der Waals surface area contributed by atoms with Crippen LogP contribution in [0, 0.1) is 0 Å². The van der Waals surface area contributed by atoms with Gasteiger partial charge in [-0.3, -0.25) is 9.59 Å². The standard InChI is InChI=1S/C19H24N4O2.ClH/c24-18(21-9-4-12-23-13-10-20-11-14-23)16-7-8-17(22-19(16)25)15-5-2-1-3-6-15;/h1-3,5-8,20H,4,9-14H2,(H,21,24)(H,22,25);1H. The van der Waals surface area contributed by atoms with Crippen molar-refractivity contribution in [3.8, 4) is 11.3 Å². The molecule has 7 heteroatoms. The molecule has 6 nitrogen and oxygen atoms in total. The Kier molecular flexibility index (Phi) is 7.84. The van der Waals surface area contributed by atoms with Crippen LogP contribution in [0.15, 0.2) is 47.3 Å². The fourth-order valence-corrected chi connectivity index (χ4v) is 2.97. The van der Waals surface area contributed by atoms with E-state index in [1.165, 1.54) is 0 Å². The number of benzene rings is 1. The van der Waals surface area contributed by atoms with Crippen molar-refractivity contribution in [1.82, 2.24) is 20.5 Å². The highest BCUT2D eigenvalue weighted by atomic mass is 35.5. The van der Waals surface area contributed by atoms with Crippen LogP contribution in [0.3, 0.4) is 0 Å². The zero-order valence-electron chi connectivity index (χ0n) is 14.7. The van der Waals surface area contributed by atoms with Gasteiger partial charge in [0, 0.05) is 38.4 Å². The molecule has 0 saturated carbocycles. The number of hydrogen-bond acceptors (Lipinski definition) is 4. The van der Waals surface area contributed by atoms with Crippen LogP contribution in [0.2, 0.25) is 0 Å². The SMILES string of the molecule is Cl.O=C(NCCCN1CCNCC1)c1ccc(-c2ccccc2)[nH]c1=O. The van der Waals surface area contributed by atoms with Crippen LogP contribution in [-0.4, -0.2) is 55.1 Å². The summed E-state index contributed by atoms with van der Waals surface area (Å²) in [6, 6.07) is 12.9. The van der Waals surface area contributed by atoms with Gasteiger partial charge in [-0.2, -0.15) is 0 Å². The Morgan fingerprint density at radius 1 is 1.08 bits per heavy atom. The molecular formula is C19H25ClN4O2. The molecule has 1 aromatic heterocycles. The molecule has 1 aliphatic heterocycles. The molecule has 26 heavy (non-hydrogen) atoms. The molecule has 2 aromatic rings. The molecule has 0 atom stereocenters. The lowest BCUT2D eigenvalue weighted by molar-refractivity contribution is 0.0950. The number of nitrogens with zero attached hydrogens (tertiary/aromatic N) is 1. The van der Waals surface area contributed by atoms with Gasteiger partial charge in [0.05, 0.1) is 0 Å². The summed E-state index contributed by atoms with van der Waals surface area (Å²) in [5.74, 6) is -0.318. The molecule has 0 unspecified atom stereocenters. The second-order valence-electron chi connectivity index (χ2n) is 6.18. The summed E-state index contributed by atoms with van der Waals surface area (Å²) < 4.78 is 0. The van der Waals surface area contributed by atoms with Gasteiger partial charge in [0.1, 0.15) is 5.56 Å². The number of halogens is 1. The fourth-order valence-electron chi connectivity index (χ4n) is 2.97. The summed E-state index contributed by atoms with van der Waals surface area (Å²) in [5.41, 5.74) is 1.42. The average Bonchev–Trinajstić information content (AvgIpc) is 2.66. The van der Waals surface area contributed by atoms with E-state index < -0.39 is 0 Å². The first-order chi connectivity index (χ1) is 12.2. The number of aromatic amines is 1. The van der Waals surface area contributed by atoms with Crippen molar-refractivity contribution in [3.63, 3.8) is 0 Å². The zero-order valence-corrected chi connectivity index (χ0v) is 15.5. The van der Waals surface area contributed by atoms with Gasteiger partial charge in [0.15, 0.2) is 0 Å². The molecule has 3 N–H and O–H groups in total. The Bertz CT molecular complexity index is 758. The van der Waals surface area contributed by atoms with Crippen LogP contribution in [0.4, 0.5) is 0 Å². The molecule has 1 aromatic carbocycles. The number of carbonyl (C=O) groups is 1. The predicted molar refractivity (Wildman–Crippen MR) is 106 cm³/mol. The highest BCUT2D eigenvalue weighted by Gasteiger charge is 2.12. The van der Waals surface area contributed by atoms with Gasteiger partial charge in [-0.1, -0.05) is 30.3 Å². The maximum absolute atomic E-state index is 12.2. The number of H-pyrrole nitrogens is 1. The van der Waals surface area contributed by atoms with Crippen molar-refractivity contribution in [2.24, 2.45) is 0 Å². The topological polar surface area (TPSA) is 77.2 Å². The lowest BCUT2D eigenvalue weighted by Crippen LogP contribution is -2.44. The van der Waals surface area contributed by atoms with E-state index in [0.29, 0.717) is 12.2 Å². The molecule has 0 aliphatic carbocycles. The molecular weight excluding hydrogens is 352 g/mol. The average molecular weight is 377 g/mol. The van der Waals surface area contributed by atoms with E-state index in [9.17, 15) is 9.59 Å². The van der Waals surface area contributed by atoms with E-state index in [-0.39, 0.29) is 29.4 Å². The highest BCUT2D eigenvalue weighted by molar-refractivity contribution is 5.94. The van der Waals surface area contributed by atoms with Crippen molar-refractivity contribution in [3.05, 3.63) is 58.4 Å². The Hall–Kier alpha value is -2.15. The summed E-state index contributed by atoms with van der Waals surface area (Å²) in [6.07, 6.45) is 0.881. The third-order valence-electron chi connectivity index (χ3n) is 4.39. The van der Waals surface area contributed by atoms with Crippen molar-refractivity contribution < 1.29 is 4.79 Å². The summed E-state index contributed by atoms with van der Waals surface area (Å²) in [7, 11) is 0. The minimum Gasteiger partial charge on any atom is -0.352 e. The van der Waals surface area contributed by atoms with Crippen LogP contribution in [0.5, 0.6) is 0 Å². The van der Waals surface area contributed by atoms with Gasteiger partial charge >= 0.3 is 0 Å². The Morgan fingerprint density at radius 2 is 1.81 bits per heavy atom. The van der Waals surface area contributed by atoms with Crippen LogP contribution in [-0.2, 0) is 0 Å². The quantitative estimate of drug-likeness (QED) is 0.667. The molecule has 0 spiro atoms. The molecule has 1 amide bonds. The van der Waals surface area contributed by atoms with E-state index >= 15 is 0 Å². The number of rotatable bonds is 6. The Morgan fingerprint density at radius 3 is 2.50 bits per heavy atom. The van der Waals surface area contributed by atoms with Crippen molar-refractivity contribution in [1.29, 1.82) is 0 Å². The zero-order chi connectivity index (χ0) is 17.5. The smallest absolute Gasteiger partial charge is 0.261 e. The van der Waals surface area contributed by atoms with Gasteiger partial charge in [-0.15, -0.1) is 12.4 Å². The van der Waals surface area contributed by atoms with Gasteiger partial charge < -0.3 is 20.5 Å². The Labute approximate surface area is 159 Å². The molecule has 0 bridgehead atoms. The van der Waals surface area contributed by atoms with Gasteiger partial charge in [0.25, 0.3) is 11.5 Å². The minimum absolute atomic E-state index is 0. The molecule has 3 rings (SSSR count). The van der Waals surface area contributed by atoms with E-state index in [4.69, 9.17) is 0 Å². The van der Waals surface area contributed by atoms with Crippen LogP contribution < -0.4 is 16.2 Å². The summed E-state index contributed by atoms with van der Waals surface area (Å²) in [5, 5.41) is 6.16. The summed E-state index contributed by atoms with van der Waals surface area (Å²) in [6.45, 7) is 5.68. The van der Waals surface area contributed by atoms with Crippen LogP contribution >= 0.6 is 12.4 Å². The normalized spacial score (nSPS) is 14.5. The summed E-state index contributed by atoms with van der Waals surface area (Å²) >= 11 is 0. The first kappa shape index (κ1) is 20.2. The van der Waals surface area contributed by atoms with E-state index in [1.807, 2.05) is 30.3 Å². The lowest BCUT2D eigenvalue weighted by atomic mass is 10.1. The number of hydrogen-bond donors (Lipinski definition) is 3. The maximum atomic E-state index is 12.2. The van der Waals surface area contributed by atoms with E-state index in [0.717, 1.165) is 44.7 Å². The first-order valence-corrected chi connectivity index (χ1v) is 8.74. The van der Waals surface area contributed by atoms with Crippen molar-refractivity contribution in [2.75, 3.05) is 39.3 Å². The second-order valence-corrected chi connectivity index (χ2v) is 6.18. The van der Waals surface area contributed by atoms with Crippen LogP contribution in [0.1, 0.15) is 16.8 Å². The number of nitrogens with one attached hydrogen (secondary N) is 3. The highest BCUT2D eigenvalue weighted by Crippen LogP contribution is 2.14. The fraction of sp³-hybridized carbons (Fsp3) is 0.368. The largest absolute Gasteiger partial charge is 0.352 e. The van der Waals surface area contributed by atoms with E-state index in [1.54, 1.807) is 12.1 Å². The van der Waals surface area contributed by atoms with Gasteiger partial charge in [-0.25, -0.2) is 0 Å². The molecule has 1 fully saturated rings. The van der Waals surface area contributed by atoms with Gasteiger partial charge in [-0.05, 0) is 30.7 Å². The number of carbonyl (C=O) groups excluding carboxylic acids is 1. The minimum atomic E-state index is -0.360. The first-order valence-electron chi connectivity index (χ1n) is 8.74. The molecule has 140 valence electrons. The third kappa shape index (κ3) is 5.42. The van der Waals surface area contributed by atoms with E-state index in [2.05, 4.69) is 20.5 Å². The second kappa shape index (κ2) is 10.1. The molecule has 1 aliphatic rings. The van der Waals surface area contributed by atoms with Crippen molar-refractivity contribution >= 4 is 18.3 Å². The number of pyridine rings is 1. The Balaban J connectivity index is 0.00000243. The number of aromatic nitrogens is 1. The lowest BCUT2D eigenvalue weighted by Gasteiger charge is -2.27. The maximum Gasteiger partial charge on any atom is 0.261 e. The van der Waals surface area contributed by atoms with Crippen molar-refractivity contribution in [2.45, 2.75) is 6.42 Å². The number of piperazine rings is 1. The third-order valence-corrected chi connectivity index (χ3v) is 4.39.